The van der Waals surface area contributed by atoms with E-state index in [-0.39, 0.29) is 49.2 Å². The molecule has 3 fully saturated rings. The fraction of sp³-hybridized carbons (Fsp3) is 0.524. The number of aromatic nitrogens is 8. The quantitative estimate of drug-likeness (QED) is 0.0978. The summed E-state index contributed by atoms with van der Waals surface area (Å²) in [4.78, 5) is 35.1. The second-order valence-electron chi connectivity index (χ2n) is 10.2. The molecule has 7 rings (SSSR count). The Kier molecular flexibility index (Phi) is 6.35. The van der Waals surface area contributed by atoms with Gasteiger partial charge in [-0.25, -0.2) is 24.5 Å². The zero-order valence-electron chi connectivity index (χ0n) is 21.5. The van der Waals surface area contributed by atoms with Gasteiger partial charge in [0.1, 0.15) is 29.7 Å². The first-order valence-electron chi connectivity index (χ1n) is 12.6. The molecule has 1 unspecified atom stereocenters. The SMILES string of the molecule is Nc1nc2c(ncn2[C@@H]2O[C@H](CO)C[C@@H]2OP(=O)(S)OC[C@@]23CO[C@@](n4cnc5c(N)ncnc54)(CO2)[C@@H]3O)c(=O)[nH]1. The lowest BCUT2D eigenvalue weighted by molar-refractivity contribution is -0.170. The summed E-state index contributed by atoms with van der Waals surface area (Å²) in [6.45, 7) is -5.14. The molecule has 3 aliphatic heterocycles. The van der Waals surface area contributed by atoms with Crippen molar-refractivity contribution in [2.75, 3.05) is 37.9 Å². The molecule has 0 radical (unpaired) electrons. The highest BCUT2D eigenvalue weighted by molar-refractivity contribution is 8.44. The zero-order chi connectivity index (χ0) is 29.4. The molecule has 19 nitrogen and oxygen atoms in total. The normalized spacial score (nSPS) is 32.3. The molecule has 21 heteroatoms. The first kappa shape index (κ1) is 27.6. The summed E-state index contributed by atoms with van der Waals surface area (Å²) in [5.74, 6) is 0.0205. The lowest BCUT2D eigenvalue weighted by atomic mass is 9.97. The summed E-state index contributed by atoms with van der Waals surface area (Å²) < 4.78 is 45.6. The highest BCUT2D eigenvalue weighted by atomic mass is 32.7. The lowest BCUT2D eigenvalue weighted by Crippen LogP contribution is -2.47. The number of H-pyrrole nitrogens is 1. The molecule has 0 spiro atoms. The van der Waals surface area contributed by atoms with Crippen LogP contribution in [0.5, 0.6) is 0 Å². The number of fused-ring (bicyclic) bond motifs is 4. The van der Waals surface area contributed by atoms with Crippen LogP contribution in [0.2, 0.25) is 0 Å². The maximum atomic E-state index is 13.5. The number of hydrogen-bond acceptors (Lipinski definition) is 16. The number of nitrogens with two attached hydrogens (primary N) is 2. The topological polar surface area (TPSA) is 263 Å². The summed E-state index contributed by atoms with van der Waals surface area (Å²) in [5.41, 5.74) is 9.00. The molecule has 0 amide bonds. The molecule has 0 aliphatic carbocycles. The standard InChI is InChI=1S/C21H25N10O9PS/c22-13-11-14(25-6-24-13)31(8-27-11)21-5-36-20(3-37-21,18(21)34)4-38-41(35,42)40-10-1-9(2-32)39-17(10)30-7-26-12-15(30)28-19(23)29-16(12)33/h6-10,17-18,32,34H,1-5H2,(H,35,42)(H2,22,24,25)(H3,23,28,29,33)/t9-,10-,17+,18+,20+,21-,41?/m0/s1. The van der Waals surface area contributed by atoms with Gasteiger partial charge in [0.05, 0.1) is 45.2 Å². The van der Waals surface area contributed by atoms with E-state index in [4.69, 9.17) is 34.7 Å². The van der Waals surface area contributed by atoms with Gasteiger partial charge in [-0.2, -0.15) is 4.98 Å². The number of anilines is 2. The largest absolute Gasteiger partial charge is 0.394 e. The summed E-state index contributed by atoms with van der Waals surface area (Å²) in [7, 11) is 0. The third-order valence-corrected chi connectivity index (χ3v) is 9.26. The highest BCUT2D eigenvalue weighted by Crippen LogP contribution is 2.58. The Morgan fingerprint density at radius 1 is 1.17 bits per heavy atom. The van der Waals surface area contributed by atoms with E-state index >= 15 is 0 Å². The summed E-state index contributed by atoms with van der Waals surface area (Å²) in [6, 6.07) is 0. The van der Waals surface area contributed by atoms with Crippen LogP contribution in [0.3, 0.4) is 0 Å². The number of thiol groups is 1. The van der Waals surface area contributed by atoms with Gasteiger partial charge in [0.25, 0.3) is 5.56 Å². The third kappa shape index (κ3) is 4.13. The first-order chi connectivity index (χ1) is 20.1. The minimum Gasteiger partial charge on any atom is -0.394 e. The second kappa shape index (κ2) is 9.66. The second-order valence-corrected chi connectivity index (χ2v) is 13.0. The molecule has 2 bridgehead atoms. The van der Waals surface area contributed by atoms with Crippen molar-refractivity contribution in [1.82, 2.24) is 39.0 Å². The van der Waals surface area contributed by atoms with Gasteiger partial charge >= 0.3 is 6.80 Å². The Hall–Kier alpha value is -3.20. The summed E-state index contributed by atoms with van der Waals surface area (Å²) >= 11 is 4.15. The van der Waals surface area contributed by atoms with Crippen LogP contribution in [-0.4, -0.2) is 99.6 Å². The predicted molar refractivity (Wildman–Crippen MR) is 144 cm³/mol. The van der Waals surface area contributed by atoms with Crippen LogP contribution in [0, 0.1) is 0 Å². The van der Waals surface area contributed by atoms with Gasteiger partial charge in [0, 0.05) is 6.42 Å². The fourth-order valence-corrected chi connectivity index (χ4v) is 7.07. The molecule has 4 aromatic rings. The number of ether oxygens (including phenoxy) is 3. The summed E-state index contributed by atoms with van der Waals surface area (Å²) in [5, 5.41) is 21.1. The van der Waals surface area contributed by atoms with Crippen LogP contribution >= 0.6 is 19.0 Å². The Labute approximate surface area is 239 Å². The van der Waals surface area contributed by atoms with Crippen molar-refractivity contribution in [2.45, 2.75) is 42.3 Å². The van der Waals surface area contributed by atoms with Gasteiger partial charge < -0.3 is 35.9 Å². The smallest absolute Gasteiger partial charge is 0.386 e. The van der Waals surface area contributed by atoms with Gasteiger partial charge in [-0.1, -0.05) is 12.2 Å². The molecule has 0 aromatic carbocycles. The number of nitrogens with zero attached hydrogens (tertiary/aromatic N) is 7. The van der Waals surface area contributed by atoms with Crippen LogP contribution in [0.25, 0.3) is 22.3 Å². The van der Waals surface area contributed by atoms with Crippen LogP contribution in [0.4, 0.5) is 11.8 Å². The van der Waals surface area contributed by atoms with E-state index in [1.54, 1.807) is 0 Å². The average Bonchev–Trinajstić information content (AvgIpc) is 3.76. The van der Waals surface area contributed by atoms with Crippen molar-refractivity contribution in [1.29, 1.82) is 0 Å². The van der Waals surface area contributed by atoms with Gasteiger partial charge in [0.15, 0.2) is 34.6 Å². The number of nitrogen functional groups attached to an aromatic ring is 2. The van der Waals surface area contributed by atoms with Crippen LogP contribution in [-0.2, 0) is 33.5 Å². The molecule has 7 atom stereocenters. The van der Waals surface area contributed by atoms with E-state index in [0.29, 0.717) is 11.2 Å². The monoisotopic (exact) mass is 624 g/mol. The highest BCUT2D eigenvalue weighted by Gasteiger charge is 2.67. The number of rotatable bonds is 8. The molecule has 3 aliphatic rings. The molecule has 4 aromatic heterocycles. The Balaban J connectivity index is 1.10. The number of aliphatic hydroxyl groups is 2. The number of aliphatic hydroxyl groups excluding tert-OH is 2. The molecule has 42 heavy (non-hydrogen) atoms. The van der Waals surface area contributed by atoms with Crippen LogP contribution < -0.4 is 17.0 Å². The van der Waals surface area contributed by atoms with Crippen molar-refractivity contribution in [3.8, 4) is 0 Å². The van der Waals surface area contributed by atoms with Gasteiger partial charge in [-0.3, -0.25) is 28.0 Å². The van der Waals surface area contributed by atoms with Crippen molar-refractivity contribution < 1.29 is 38.0 Å². The van der Waals surface area contributed by atoms with E-state index in [2.05, 4.69) is 42.2 Å². The minimum atomic E-state index is -4.16. The predicted octanol–water partition coefficient (Wildman–Crippen LogP) is -1.34. The van der Waals surface area contributed by atoms with Crippen molar-refractivity contribution in [3.63, 3.8) is 0 Å². The van der Waals surface area contributed by atoms with Crippen molar-refractivity contribution >= 4 is 53.1 Å². The van der Waals surface area contributed by atoms with Gasteiger partial charge in [-0.15, -0.1) is 0 Å². The molecule has 7 N–H and O–H groups in total. The van der Waals surface area contributed by atoms with E-state index < -0.39 is 54.8 Å². The van der Waals surface area contributed by atoms with E-state index in [0.717, 1.165) is 0 Å². The molecule has 7 heterocycles. The van der Waals surface area contributed by atoms with E-state index in [9.17, 15) is 19.6 Å². The van der Waals surface area contributed by atoms with Crippen LogP contribution in [0.15, 0.2) is 23.8 Å². The van der Waals surface area contributed by atoms with Crippen molar-refractivity contribution in [3.05, 3.63) is 29.3 Å². The Bertz CT molecular complexity index is 1790. The van der Waals surface area contributed by atoms with E-state index in [1.165, 1.54) is 28.1 Å². The third-order valence-electron chi connectivity index (χ3n) is 7.64. The molecular formula is C21H25N10O9PS. The minimum absolute atomic E-state index is 0.000288. The van der Waals surface area contributed by atoms with E-state index in [1.807, 2.05) is 0 Å². The number of hydrogen-bond donors (Lipinski definition) is 6. The number of imidazole rings is 2. The molecular weight excluding hydrogens is 599 g/mol. The zero-order valence-corrected chi connectivity index (χ0v) is 23.3. The number of nitrogens with one attached hydrogen (secondary N) is 1. The Morgan fingerprint density at radius 3 is 2.74 bits per heavy atom. The fourth-order valence-electron chi connectivity index (χ4n) is 5.56. The number of aromatic amines is 1. The van der Waals surface area contributed by atoms with Crippen LogP contribution in [0.1, 0.15) is 12.6 Å². The van der Waals surface area contributed by atoms with Gasteiger partial charge in [0.2, 0.25) is 5.95 Å². The molecule has 3 saturated heterocycles. The molecule has 224 valence electrons. The average molecular weight is 625 g/mol. The molecule has 0 saturated carbocycles. The lowest BCUT2D eigenvalue weighted by Gasteiger charge is -2.29. The maximum Gasteiger partial charge on any atom is 0.386 e. The van der Waals surface area contributed by atoms with Crippen molar-refractivity contribution in [2.24, 2.45) is 0 Å². The van der Waals surface area contributed by atoms with Gasteiger partial charge in [-0.05, 0) is 0 Å². The maximum absolute atomic E-state index is 13.5. The first-order valence-corrected chi connectivity index (χ1v) is 15.3. The Morgan fingerprint density at radius 2 is 1.98 bits per heavy atom. The summed E-state index contributed by atoms with van der Waals surface area (Å²) in [6.07, 6.45) is 0.114.